The summed E-state index contributed by atoms with van der Waals surface area (Å²) in [5.74, 6) is 1.74. The second-order valence-corrected chi connectivity index (χ2v) is 4.85. The second-order valence-electron chi connectivity index (χ2n) is 3.29. The summed E-state index contributed by atoms with van der Waals surface area (Å²) in [4.78, 5) is 4.00. The lowest BCUT2D eigenvalue weighted by Crippen LogP contribution is -1.91. The molecule has 0 saturated carbocycles. The fraction of sp³-hybridized carbons (Fsp3) is 0.0833. The van der Waals surface area contributed by atoms with Crippen LogP contribution in [-0.2, 0) is 5.88 Å². The van der Waals surface area contributed by atoms with Crippen LogP contribution in [0, 0.1) is 0 Å². The first kappa shape index (κ1) is 12.7. The molecule has 0 amide bonds. The molecule has 1 heterocycles. The molecule has 0 radical (unpaired) electrons. The molecule has 0 saturated heterocycles. The van der Waals surface area contributed by atoms with E-state index in [-0.39, 0.29) is 0 Å². The van der Waals surface area contributed by atoms with Crippen LogP contribution in [0.25, 0.3) is 0 Å². The molecule has 1 aromatic heterocycles. The van der Waals surface area contributed by atoms with Crippen LogP contribution in [0.3, 0.4) is 0 Å². The van der Waals surface area contributed by atoms with E-state index in [9.17, 15) is 0 Å². The Labute approximate surface area is 118 Å². The molecule has 0 fully saturated rings. The largest absolute Gasteiger partial charge is 0.456 e. The van der Waals surface area contributed by atoms with Gasteiger partial charge in [-0.3, -0.25) is 4.98 Å². The quantitative estimate of drug-likeness (QED) is 0.735. The van der Waals surface area contributed by atoms with E-state index >= 15 is 0 Å². The first-order valence-corrected chi connectivity index (χ1v) is 6.53. The van der Waals surface area contributed by atoms with Crippen LogP contribution in [0.4, 0.5) is 0 Å². The summed E-state index contributed by atoms with van der Waals surface area (Å²) >= 11 is 15.1. The van der Waals surface area contributed by atoms with Crippen molar-refractivity contribution in [3.05, 3.63) is 51.7 Å². The maximum Gasteiger partial charge on any atom is 0.141 e. The van der Waals surface area contributed by atoms with Crippen molar-refractivity contribution < 1.29 is 4.74 Å². The Morgan fingerprint density at radius 1 is 1.24 bits per heavy atom. The smallest absolute Gasteiger partial charge is 0.141 e. The zero-order chi connectivity index (χ0) is 12.3. The van der Waals surface area contributed by atoms with Crippen LogP contribution in [0.15, 0.2) is 41.1 Å². The van der Waals surface area contributed by atoms with E-state index in [0.717, 1.165) is 10.0 Å². The molecule has 0 atom stereocenters. The van der Waals surface area contributed by atoms with E-state index in [2.05, 4.69) is 20.9 Å². The van der Waals surface area contributed by atoms with E-state index in [0.29, 0.717) is 22.4 Å². The van der Waals surface area contributed by atoms with Crippen molar-refractivity contribution in [2.45, 2.75) is 5.88 Å². The topological polar surface area (TPSA) is 22.1 Å². The molecule has 0 N–H and O–H groups in total. The van der Waals surface area contributed by atoms with Crippen LogP contribution >= 0.6 is 39.1 Å². The molecule has 1 aromatic carbocycles. The molecule has 0 unspecified atom stereocenters. The highest BCUT2D eigenvalue weighted by atomic mass is 79.9. The van der Waals surface area contributed by atoms with E-state index in [1.807, 2.05) is 0 Å². The summed E-state index contributed by atoms with van der Waals surface area (Å²) in [6.07, 6.45) is 3.35. The lowest BCUT2D eigenvalue weighted by molar-refractivity contribution is 0.474. The SMILES string of the molecule is ClCc1cnccc1Oc1ccc(Cl)cc1Br. The van der Waals surface area contributed by atoms with Gasteiger partial charge in [0.25, 0.3) is 0 Å². The molecule has 17 heavy (non-hydrogen) atoms. The van der Waals surface area contributed by atoms with Gasteiger partial charge in [-0.1, -0.05) is 11.6 Å². The van der Waals surface area contributed by atoms with Crippen molar-refractivity contribution in [3.8, 4) is 11.5 Å². The molecule has 2 rings (SSSR count). The van der Waals surface area contributed by atoms with Gasteiger partial charge >= 0.3 is 0 Å². The Kier molecular flexibility index (Phi) is 4.26. The molecular formula is C12H8BrCl2NO. The van der Waals surface area contributed by atoms with Crippen LogP contribution in [0.5, 0.6) is 11.5 Å². The number of halogens is 3. The van der Waals surface area contributed by atoms with Crippen molar-refractivity contribution >= 4 is 39.1 Å². The number of hydrogen-bond acceptors (Lipinski definition) is 2. The van der Waals surface area contributed by atoms with Gasteiger partial charge in [0.2, 0.25) is 0 Å². The molecule has 0 aliphatic heterocycles. The summed E-state index contributed by atoms with van der Waals surface area (Å²) < 4.78 is 6.55. The Morgan fingerprint density at radius 3 is 2.76 bits per heavy atom. The van der Waals surface area contributed by atoms with Gasteiger partial charge in [-0.25, -0.2) is 0 Å². The number of nitrogens with zero attached hydrogens (tertiary/aromatic N) is 1. The molecule has 0 spiro atoms. The zero-order valence-corrected chi connectivity index (χ0v) is 11.8. The van der Waals surface area contributed by atoms with E-state index in [1.54, 1.807) is 36.7 Å². The van der Waals surface area contributed by atoms with Gasteiger partial charge in [0, 0.05) is 23.0 Å². The number of ether oxygens (including phenoxy) is 1. The molecule has 2 nitrogen and oxygen atoms in total. The summed E-state index contributed by atoms with van der Waals surface area (Å²) in [6.45, 7) is 0. The number of hydrogen-bond donors (Lipinski definition) is 0. The molecular weight excluding hydrogens is 325 g/mol. The summed E-state index contributed by atoms with van der Waals surface area (Å²) in [7, 11) is 0. The van der Waals surface area contributed by atoms with Gasteiger partial charge in [0.1, 0.15) is 11.5 Å². The minimum atomic E-state index is 0.356. The summed E-state index contributed by atoms with van der Waals surface area (Å²) in [5.41, 5.74) is 0.844. The van der Waals surface area contributed by atoms with E-state index < -0.39 is 0 Å². The lowest BCUT2D eigenvalue weighted by atomic mass is 10.3. The van der Waals surface area contributed by atoms with Crippen molar-refractivity contribution in [1.82, 2.24) is 4.98 Å². The predicted molar refractivity (Wildman–Crippen MR) is 73.0 cm³/mol. The Hall–Kier alpha value is -0.770. The van der Waals surface area contributed by atoms with Crippen molar-refractivity contribution in [2.75, 3.05) is 0 Å². The third kappa shape index (κ3) is 3.12. The normalized spacial score (nSPS) is 10.3. The van der Waals surface area contributed by atoms with Gasteiger partial charge < -0.3 is 4.74 Å². The number of rotatable bonds is 3. The number of benzene rings is 1. The van der Waals surface area contributed by atoms with Gasteiger partial charge in [-0.2, -0.15) is 0 Å². The third-order valence-corrected chi connectivity index (χ3v) is 3.26. The van der Waals surface area contributed by atoms with Crippen LogP contribution in [0.2, 0.25) is 5.02 Å². The van der Waals surface area contributed by atoms with Crippen LogP contribution in [0.1, 0.15) is 5.56 Å². The summed E-state index contributed by atoms with van der Waals surface area (Å²) in [5, 5.41) is 0.650. The van der Waals surface area contributed by atoms with Gasteiger partial charge in [0.15, 0.2) is 0 Å². The Morgan fingerprint density at radius 2 is 2.06 bits per heavy atom. The average molecular weight is 333 g/mol. The Bertz CT molecular complexity index is 534. The lowest BCUT2D eigenvalue weighted by Gasteiger charge is -2.10. The predicted octanol–water partition coefficient (Wildman–Crippen LogP) is 5.03. The highest BCUT2D eigenvalue weighted by molar-refractivity contribution is 9.10. The molecule has 2 aromatic rings. The monoisotopic (exact) mass is 331 g/mol. The number of aromatic nitrogens is 1. The third-order valence-electron chi connectivity index (χ3n) is 2.12. The van der Waals surface area contributed by atoms with Gasteiger partial charge in [-0.15, -0.1) is 11.6 Å². The fourth-order valence-corrected chi connectivity index (χ4v) is 2.26. The zero-order valence-electron chi connectivity index (χ0n) is 8.66. The first-order valence-electron chi connectivity index (χ1n) is 4.82. The van der Waals surface area contributed by atoms with Gasteiger partial charge in [-0.05, 0) is 40.2 Å². The fourth-order valence-electron chi connectivity index (χ4n) is 1.29. The number of alkyl halides is 1. The molecule has 0 bridgehead atoms. The van der Waals surface area contributed by atoms with Crippen LogP contribution < -0.4 is 4.74 Å². The maximum absolute atomic E-state index is 5.86. The van der Waals surface area contributed by atoms with Crippen LogP contribution in [-0.4, -0.2) is 4.98 Å². The molecule has 0 aliphatic carbocycles. The number of pyridine rings is 1. The minimum absolute atomic E-state index is 0.356. The van der Waals surface area contributed by atoms with E-state index in [4.69, 9.17) is 27.9 Å². The van der Waals surface area contributed by atoms with Crippen molar-refractivity contribution in [1.29, 1.82) is 0 Å². The van der Waals surface area contributed by atoms with Crippen molar-refractivity contribution in [3.63, 3.8) is 0 Å². The van der Waals surface area contributed by atoms with Crippen molar-refractivity contribution in [2.24, 2.45) is 0 Å². The summed E-state index contributed by atoms with van der Waals surface area (Å²) in [6, 6.07) is 7.12. The highest BCUT2D eigenvalue weighted by Gasteiger charge is 2.07. The average Bonchev–Trinajstić information content (AvgIpc) is 2.33. The minimum Gasteiger partial charge on any atom is -0.456 e. The highest BCUT2D eigenvalue weighted by Crippen LogP contribution is 2.33. The van der Waals surface area contributed by atoms with E-state index in [1.165, 1.54) is 0 Å². The molecule has 0 aliphatic rings. The second kappa shape index (κ2) is 5.71. The van der Waals surface area contributed by atoms with Gasteiger partial charge in [0.05, 0.1) is 10.4 Å². The molecule has 5 heteroatoms. The maximum atomic E-state index is 5.86. The standard InChI is InChI=1S/C12H8BrCl2NO/c13-10-5-9(15)1-2-12(10)17-11-3-4-16-7-8(11)6-14/h1-5,7H,6H2. The molecule has 88 valence electrons. The Balaban J connectivity index is 2.31. The first-order chi connectivity index (χ1) is 8.20.